The number of aromatic nitrogens is 2. The van der Waals surface area contributed by atoms with Gasteiger partial charge in [-0.05, 0) is 29.3 Å². The van der Waals surface area contributed by atoms with Crippen molar-refractivity contribution < 1.29 is 4.79 Å². The quantitative estimate of drug-likeness (QED) is 0.418. The van der Waals surface area contributed by atoms with Crippen LogP contribution >= 0.6 is 35.3 Å². The lowest BCUT2D eigenvalue weighted by molar-refractivity contribution is -0.120. The molecular weight excluding hydrogens is 451 g/mol. The number of aliphatic imine (C=N–C) groups is 1. The van der Waals surface area contributed by atoms with Crippen LogP contribution in [-0.2, 0) is 18.4 Å². The molecule has 0 aliphatic carbocycles. The van der Waals surface area contributed by atoms with Crippen LogP contribution in [0.2, 0.25) is 0 Å². The van der Waals surface area contributed by atoms with Crippen molar-refractivity contribution in [2.24, 2.45) is 12.0 Å². The highest BCUT2D eigenvalue weighted by molar-refractivity contribution is 14.0. The highest BCUT2D eigenvalue weighted by Gasteiger charge is 2.27. The first kappa shape index (κ1) is 19.7. The van der Waals surface area contributed by atoms with E-state index in [0.29, 0.717) is 19.6 Å². The Labute approximate surface area is 168 Å². The number of anilines is 1. The monoisotopic (exact) mass is 474 g/mol. The van der Waals surface area contributed by atoms with Crippen LogP contribution in [0, 0.1) is 0 Å². The maximum atomic E-state index is 12.5. The number of carbonyl (C=O) groups excluding carboxylic acids is 1. The fourth-order valence-electron chi connectivity index (χ4n) is 2.65. The van der Waals surface area contributed by atoms with Gasteiger partial charge in [0.05, 0.1) is 18.4 Å². The summed E-state index contributed by atoms with van der Waals surface area (Å²) in [5.74, 6) is 0.860. The molecule has 1 saturated heterocycles. The molecular formula is C16H23IN6OS. The summed E-state index contributed by atoms with van der Waals surface area (Å²) in [6.07, 6.45) is 3.59. The highest BCUT2D eigenvalue weighted by Crippen LogP contribution is 2.16. The van der Waals surface area contributed by atoms with E-state index in [1.54, 1.807) is 27.1 Å². The Morgan fingerprint density at radius 1 is 1.44 bits per heavy atom. The number of carbonyl (C=O) groups is 1. The van der Waals surface area contributed by atoms with Crippen LogP contribution in [-0.4, -0.2) is 52.7 Å². The predicted molar refractivity (Wildman–Crippen MR) is 112 cm³/mol. The summed E-state index contributed by atoms with van der Waals surface area (Å²) in [6.45, 7) is 5.14. The minimum Gasteiger partial charge on any atom is -0.356 e. The molecule has 9 heteroatoms. The minimum absolute atomic E-state index is 0. The smallest absolute Gasteiger partial charge is 0.246 e. The van der Waals surface area contributed by atoms with Gasteiger partial charge in [-0.1, -0.05) is 0 Å². The van der Waals surface area contributed by atoms with Gasteiger partial charge in [0.25, 0.3) is 0 Å². The van der Waals surface area contributed by atoms with E-state index >= 15 is 0 Å². The molecule has 0 aromatic carbocycles. The van der Waals surface area contributed by atoms with Crippen molar-refractivity contribution in [3.05, 3.63) is 34.8 Å². The molecule has 0 radical (unpaired) electrons. The number of hydrogen-bond acceptors (Lipinski definition) is 4. The third kappa shape index (κ3) is 4.94. The number of rotatable bonds is 4. The van der Waals surface area contributed by atoms with Gasteiger partial charge >= 0.3 is 0 Å². The Balaban J connectivity index is 0.00000225. The molecule has 3 heterocycles. The zero-order valence-electron chi connectivity index (χ0n) is 14.4. The van der Waals surface area contributed by atoms with Gasteiger partial charge in [0.15, 0.2) is 5.96 Å². The molecule has 25 heavy (non-hydrogen) atoms. The van der Waals surface area contributed by atoms with Crippen LogP contribution in [0.5, 0.6) is 0 Å². The number of hydrogen-bond donors (Lipinski definition) is 1. The van der Waals surface area contributed by atoms with Gasteiger partial charge in [-0.15, -0.1) is 24.0 Å². The van der Waals surface area contributed by atoms with Crippen LogP contribution < -0.4 is 10.2 Å². The molecule has 0 bridgehead atoms. The van der Waals surface area contributed by atoms with Crippen molar-refractivity contribution in [3.63, 3.8) is 0 Å². The lowest BCUT2D eigenvalue weighted by Crippen LogP contribution is -2.55. The van der Waals surface area contributed by atoms with E-state index in [9.17, 15) is 4.79 Å². The Kier molecular flexibility index (Phi) is 7.24. The second-order valence-corrected chi connectivity index (χ2v) is 6.42. The third-order valence-corrected chi connectivity index (χ3v) is 4.58. The van der Waals surface area contributed by atoms with E-state index in [-0.39, 0.29) is 29.9 Å². The van der Waals surface area contributed by atoms with E-state index in [1.807, 2.05) is 30.4 Å². The van der Waals surface area contributed by atoms with Gasteiger partial charge in [0.1, 0.15) is 6.54 Å². The van der Waals surface area contributed by atoms with Crippen molar-refractivity contribution in [2.45, 2.75) is 13.5 Å². The first-order valence-corrected chi connectivity index (χ1v) is 8.95. The number of nitrogens with zero attached hydrogens (tertiary/aromatic N) is 5. The second kappa shape index (κ2) is 9.18. The van der Waals surface area contributed by atoms with E-state index in [2.05, 4.69) is 26.9 Å². The first-order chi connectivity index (χ1) is 11.7. The fourth-order valence-corrected chi connectivity index (χ4v) is 3.31. The van der Waals surface area contributed by atoms with E-state index in [4.69, 9.17) is 0 Å². The molecule has 1 N–H and O–H groups in total. The molecule has 1 amide bonds. The zero-order chi connectivity index (χ0) is 16.9. The molecule has 1 aliphatic heterocycles. The number of aryl methyl sites for hydroxylation is 1. The Hall–Kier alpha value is -1.62. The van der Waals surface area contributed by atoms with Crippen molar-refractivity contribution in [1.29, 1.82) is 0 Å². The van der Waals surface area contributed by atoms with Gasteiger partial charge in [0, 0.05) is 32.9 Å². The van der Waals surface area contributed by atoms with Gasteiger partial charge in [-0.25, -0.2) is 4.99 Å². The fraction of sp³-hybridized carbons (Fsp3) is 0.438. The number of amides is 1. The van der Waals surface area contributed by atoms with Gasteiger partial charge in [-0.3, -0.25) is 9.48 Å². The van der Waals surface area contributed by atoms with Gasteiger partial charge in [0.2, 0.25) is 5.91 Å². The molecule has 0 unspecified atom stereocenters. The zero-order valence-corrected chi connectivity index (χ0v) is 17.5. The third-order valence-electron chi connectivity index (χ3n) is 3.85. The number of guanidine groups is 1. The Bertz CT molecular complexity index is 714. The maximum absolute atomic E-state index is 12.5. The second-order valence-electron chi connectivity index (χ2n) is 5.64. The minimum atomic E-state index is 0. The summed E-state index contributed by atoms with van der Waals surface area (Å²) in [7, 11) is 1.85. The lowest BCUT2D eigenvalue weighted by atomic mass is 10.3. The molecule has 3 rings (SSSR count). The average molecular weight is 474 g/mol. The molecule has 1 fully saturated rings. The molecule has 1 aliphatic rings. The van der Waals surface area contributed by atoms with Gasteiger partial charge in [-0.2, -0.15) is 16.4 Å². The largest absolute Gasteiger partial charge is 0.356 e. The maximum Gasteiger partial charge on any atom is 0.246 e. The number of piperazine rings is 1. The van der Waals surface area contributed by atoms with Crippen molar-refractivity contribution in [1.82, 2.24) is 20.0 Å². The van der Waals surface area contributed by atoms with E-state index in [0.717, 1.165) is 24.7 Å². The molecule has 136 valence electrons. The number of thiophene rings is 1. The summed E-state index contributed by atoms with van der Waals surface area (Å²) < 4.78 is 1.71. The Morgan fingerprint density at radius 3 is 2.88 bits per heavy atom. The lowest BCUT2D eigenvalue weighted by Gasteiger charge is -2.35. The summed E-state index contributed by atoms with van der Waals surface area (Å²) in [5, 5.41) is 11.6. The van der Waals surface area contributed by atoms with E-state index in [1.165, 1.54) is 5.56 Å². The van der Waals surface area contributed by atoms with Crippen LogP contribution in [0.4, 0.5) is 5.69 Å². The topological polar surface area (TPSA) is 65.8 Å². The molecule has 2 aromatic heterocycles. The average Bonchev–Trinajstić information content (AvgIpc) is 3.23. The Morgan fingerprint density at radius 2 is 2.28 bits per heavy atom. The van der Waals surface area contributed by atoms with Crippen LogP contribution in [0.1, 0.15) is 12.5 Å². The first-order valence-electron chi connectivity index (χ1n) is 8.00. The normalized spacial score (nSPS) is 15.3. The summed E-state index contributed by atoms with van der Waals surface area (Å²) in [6, 6.07) is 2.07. The predicted octanol–water partition coefficient (Wildman–Crippen LogP) is 1.91. The summed E-state index contributed by atoms with van der Waals surface area (Å²) >= 11 is 1.67. The van der Waals surface area contributed by atoms with Crippen molar-refractivity contribution in [2.75, 3.05) is 31.1 Å². The standard InChI is InChI=1S/C16H22N6OS.HI/c1-3-17-16(18-8-13-4-7-24-12-13)21-5-6-22(15(23)11-21)14-9-19-20(2)10-14;/h4,7,9-10,12H,3,5-6,8,11H2,1-2H3,(H,17,18);1H. The molecule has 7 nitrogen and oxygen atoms in total. The van der Waals surface area contributed by atoms with Crippen LogP contribution in [0.15, 0.2) is 34.2 Å². The summed E-state index contributed by atoms with van der Waals surface area (Å²) in [4.78, 5) is 21.0. The van der Waals surface area contributed by atoms with Gasteiger partial charge < -0.3 is 15.1 Å². The highest BCUT2D eigenvalue weighted by atomic mass is 127. The van der Waals surface area contributed by atoms with Crippen molar-refractivity contribution >= 4 is 52.9 Å². The van der Waals surface area contributed by atoms with Crippen molar-refractivity contribution in [3.8, 4) is 0 Å². The molecule has 0 atom stereocenters. The molecule has 0 saturated carbocycles. The molecule has 0 spiro atoms. The number of halogens is 1. The molecule has 2 aromatic rings. The van der Waals surface area contributed by atoms with E-state index < -0.39 is 0 Å². The SMILES string of the molecule is CCNC(=NCc1ccsc1)N1CCN(c2cnn(C)c2)C(=O)C1.I. The number of nitrogens with one attached hydrogen (secondary N) is 1. The summed E-state index contributed by atoms with van der Waals surface area (Å²) in [5.41, 5.74) is 2.04. The van der Waals surface area contributed by atoms with Crippen LogP contribution in [0.25, 0.3) is 0 Å². The van der Waals surface area contributed by atoms with Crippen LogP contribution in [0.3, 0.4) is 0 Å².